The first-order valence-corrected chi connectivity index (χ1v) is 4.37. The lowest BCUT2D eigenvalue weighted by atomic mass is 9.81. The molecule has 6 heteroatoms. The third-order valence-electron chi connectivity index (χ3n) is 1.08. The summed E-state index contributed by atoms with van der Waals surface area (Å²) in [7, 11) is -1.45. The van der Waals surface area contributed by atoms with Gasteiger partial charge in [-0.05, 0) is 49.5 Å². The lowest BCUT2D eigenvalue weighted by molar-refractivity contribution is 0.425. The van der Waals surface area contributed by atoms with Gasteiger partial charge in [0.2, 0.25) is 0 Å². The Hall–Kier alpha value is 0.0949. The molecule has 0 bridgehead atoms. The maximum absolute atomic E-state index is 8.76. The second-order valence-electron chi connectivity index (χ2n) is 1.92. The molecule has 58 valence electrons. The van der Waals surface area contributed by atoms with Gasteiger partial charge in [-0.15, -0.1) is 0 Å². The van der Waals surface area contributed by atoms with Crippen molar-refractivity contribution < 1.29 is 10.0 Å². The van der Waals surface area contributed by atoms with E-state index in [1.54, 1.807) is 0 Å². The molecule has 1 aromatic heterocycles. The summed E-state index contributed by atoms with van der Waals surface area (Å²) in [6.45, 7) is 0. The number of nitrogens with zero attached hydrogens (tertiary/aromatic N) is 1. The van der Waals surface area contributed by atoms with Crippen LogP contribution in [-0.4, -0.2) is 22.2 Å². The van der Waals surface area contributed by atoms with Crippen molar-refractivity contribution in [2.45, 2.75) is 0 Å². The normalized spacial score (nSPS) is 9.82. The van der Waals surface area contributed by atoms with Gasteiger partial charge in [-0.2, -0.15) is 0 Å². The van der Waals surface area contributed by atoms with E-state index in [1.807, 2.05) is 0 Å². The predicted molar refractivity (Wildman–Crippen MR) is 49.5 cm³/mol. The summed E-state index contributed by atoms with van der Waals surface area (Å²) >= 11 is 6.24. The average molecular weight is 281 g/mol. The van der Waals surface area contributed by atoms with Crippen LogP contribution in [0.3, 0.4) is 0 Å². The van der Waals surface area contributed by atoms with Gasteiger partial charge in [-0.3, -0.25) is 0 Å². The van der Waals surface area contributed by atoms with E-state index in [0.717, 1.165) is 0 Å². The molecule has 2 N–H and O–H groups in total. The summed E-state index contributed by atoms with van der Waals surface area (Å²) in [5, 5.41) is 17.5. The van der Waals surface area contributed by atoms with Crippen LogP contribution in [0.15, 0.2) is 21.3 Å². The van der Waals surface area contributed by atoms with Crippen LogP contribution >= 0.6 is 31.9 Å². The van der Waals surface area contributed by atoms with Crippen LogP contribution in [0.1, 0.15) is 0 Å². The molecule has 0 radical (unpaired) electrons. The summed E-state index contributed by atoms with van der Waals surface area (Å²) in [4.78, 5) is 3.93. The minimum absolute atomic E-state index is 0.402. The Morgan fingerprint density at radius 3 is 2.00 bits per heavy atom. The number of pyridine rings is 1. The standard InChI is InChI=1S/C5H4BBr2NO2/c7-4-1-3(6(10)11)2-5(8)9-4/h1-2,10-11H. The second-order valence-corrected chi connectivity index (χ2v) is 3.54. The first-order valence-electron chi connectivity index (χ1n) is 2.78. The van der Waals surface area contributed by atoms with Crippen molar-refractivity contribution in [3.8, 4) is 0 Å². The SMILES string of the molecule is OB(O)c1cc(Br)nc(Br)c1. The van der Waals surface area contributed by atoms with Gasteiger partial charge >= 0.3 is 7.12 Å². The minimum atomic E-state index is -1.45. The van der Waals surface area contributed by atoms with Gasteiger partial charge in [0.1, 0.15) is 9.21 Å². The van der Waals surface area contributed by atoms with Gasteiger partial charge in [0, 0.05) is 0 Å². The summed E-state index contributed by atoms with van der Waals surface area (Å²) in [6, 6.07) is 3.07. The molecule has 0 atom stereocenters. The van der Waals surface area contributed by atoms with E-state index in [0.29, 0.717) is 14.7 Å². The Morgan fingerprint density at radius 2 is 1.64 bits per heavy atom. The van der Waals surface area contributed by atoms with E-state index in [4.69, 9.17) is 10.0 Å². The second kappa shape index (κ2) is 3.66. The molecule has 0 amide bonds. The zero-order valence-corrected chi connectivity index (χ0v) is 8.50. The van der Waals surface area contributed by atoms with Crippen LogP contribution in [0, 0.1) is 0 Å². The maximum Gasteiger partial charge on any atom is 0.488 e. The Balaban J connectivity index is 3.08. The molecule has 1 heterocycles. The smallest absolute Gasteiger partial charge is 0.423 e. The Morgan fingerprint density at radius 1 is 1.18 bits per heavy atom. The fraction of sp³-hybridized carbons (Fsp3) is 0. The van der Waals surface area contributed by atoms with Gasteiger partial charge in [0.25, 0.3) is 0 Å². The Labute approximate surface area is 80.9 Å². The van der Waals surface area contributed by atoms with E-state index in [-0.39, 0.29) is 0 Å². The molecular formula is C5H4BBr2NO2. The highest BCUT2D eigenvalue weighted by atomic mass is 79.9. The minimum Gasteiger partial charge on any atom is -0.423 e. The van der Waals surface area contributed by atoms with Crippen LogP contribution in [0.2, 0.25) is 0 Å². The summed E-state index contributed by atoms with van der Waals surface area (Å²) in [5.74, 6) is 0. The van der Waals surface area contributed by atoms with Crippen LogP contribution in [-0.2, 0) is 0 Å². The first kappa shape index (κ1) is 9.19. The van der Waals surface area contributed by atoms with Crippen LogP contribution in [0.4, 0.5) is 0 Å². The highest BCUT2D eigenvalue weighted by Crippen LogP contribution is 2.09. The molecule has 3 nitrogen and oxygen atoms in total. The van der Waals surface area contributed by atoms with E-state index in [9.17, 15) is 0 Å². The Bertz CT molecular complexity index is 248. The monoisotopic (exact) mass is 279 g/mol. The molecule has 0 aliphatic carbocycles. The van der Waals surface area contributed by atoms with E-state index < -0.39 is 7.12 Å². The zero-order chi connectivity index (χ0) is 8.43. The number of halogens is 2. The largest absolute Gasteiger partial charge is 0.488 e. The molecule has 0 aliphatic rings. The zero-order valence-electron chi connectivity index (χ0n) is 5.33. The maximum atomic E-state index is 8.76. The lowest BCUT2D eigenvalue weighted by Gasteiger charge is -1.99. The summed E-state index contributed by atoms with van der Waals surface area (Å²) < 4.78 is 1.13. The summed E-state index contributed by atoms with van der Waals surface area (Å²) in [5.41, 5.74) is 0.402. The molecule has 1 rings (SSSR count). The van der Waals surface area contributed by atoms with E-state index in [2.05, 4.69) is 36.8 Å². The molecule has 0 aliphatic heterocycles. The number of rotatable bonds is 1. The van der Waals surface area contributed by atoms with Gasteiger partial charge in [0.15, 0.2) is 0 Å². The van der Waals surface area contributed by atoms with Gasteiger partial charge in [-0.1, -0.05) is 0 Å². The Kier molecular flexibility index (Phi) is 3.06. The fourth-order valence-corrected chi connectivity index (χ4v) is 1.78. The molecule has 0 fully saturated rings. The van der Waals surface area contributed by atoms with Crippen LogP contribution < -0.4 is 5.46 Å². The van der Waals surface area contributed by atoms with Crippen molar-refractivity contribution in [2.75, 3.05) is 0 Å². The van der Waals surface area contributed by atoms with Crippen molar-refractivity contribution in [2.24, 2.45) is 0 Å². The first-order chi connectivity index (χ1) is 5.09. The fourth-order valence-electron chi connectivity index (χ4n) is 0.632. The van der Waals surface area contributed by atoms with Gasteiger partial charge < -0.3 is 10.0 Å². The molecular weight excluding hydrogens is 277 g/mol. The predicted octanol–water partition coefficient (Wildman–Crippen LogP) is 0.286. The molecule has 0 aromatic carbocycles. The lowest BCUT2D eigenvalue weighted by Crippen LogP contribution is -2.30. The molecule has 1 aromatic rings. The van der Waals surface area contributed by atoms with Crippen LogP contribution in [0.5, 0.6) is 0 Å². The van der Waals surface area contributed by atoms with Gasteiger partial charge in [-0.25, -0.2) is 4.98 Å². The van der Waals surface area contributed by atoms with Crippen molar-refractivity contribution in [3.63, 3.8) is 0 Å². The third kappa shape index (κ3) is 2.55. The highest BCUT2D eigenvalue weighted by Gasteiger charge is 2.12. The number of aromatic nitrogens is 1. The molecule has 0 saturated carbocycles. The highest BCUT2D eigenvalue weighted by molar-refractivity contribution is 9.11. The van der Waals surface area contributed by atoms with E-state index in [1.165, 1.54) is 12.1 Å². The summed E-state index contributed by atoms with van der Waals surface area (Å²) in [6.07, 6.45) is 0. The molecule has 0 saturated heterocycles. The van der Waals surface area contributed by atoms with Crippen molar-refractivity contribution in [3.05, 3.63) is 21.3 Å². The molecule has 11 heavy (non-hydrogen) atoms. The number of hydrogen-bond acceptors (Lipinski definition) is 3. The van der Waals surface area contributed by atoms with Crippen LogP contribution in [0.25, 0.3) is 0 Å². The third-order valence-corrected chi connectivity index (χ3v) is 1.90. The van der Waals surface area contributed by atoms with E-state index >= 15 is 0 Å². The quantitative estimate of drug-likeness (QED) is 0.574. The van der Waals surface area contributed by atoms with Crippen molar-refractivity contribution in [1.82, 2.24) is 4.98 Å². The van der Waals surface area contributed by atoms with Crippen molar-refractivity contribution >= 4 is 44.4 Å². The molecule has 0 spiro atoms. The molecule has 0 unspecified atom stereocenters. The average Bonchev–Trinajstić information content (AvgIpc) is 1.85. The topological polar surface area (TPSA) is 53.4 Å². The van der Waals surface area contributed by atoms with Gasteiger partial charge in [0.05, 0.1) is 0 Å². The van der Waals surface area contributed by atoms with Crippen molar-refractivity contribution in [1.29, 1.82) is 0 Å². The number of hydrogen-bond donors (Lipinski definition) is 2.